The molecule has 0 fully saturated rings. The molecule has 86 valence electrons. The van der Waals surface area contributed by atoms with Crippen molar-refractivity contribution in [3.8, 4) is 0 Å². The molecule has 5 nitrogen and oxygen atoms in total. The molecule has 0 bridgehead atoms. The maximum atomic E-state index is 11.4. The molecule has 0 unspecified atom stereocenters. The zero-order valence-corrected chi connectivity index (χ0v) is 10.8. The Kier molecular flexibility index (Phi) is 3.44. The van der Waals surface area contributed by atoms with Gasteiger partial charge in [0.2, 0.25) is 3.79 Å². The number of hydrogen-bond acceptors (Lipinski definition) is 3. The summed E-state index contributed by atoms with van der Waals surface area (Å²) in [6, 6.07) is 0. The van der Waals surface area contributed by atoms with Gasteiger partial charge in [0.05, 0.1) is 0 Å². The van der Waals surface area contributed by atoms with E-state index in [0.29, 0.717) is 4.57 Å². The minimum absolute atomic E-state index is 0.283. The third-order valence-corrected chi connectivity index (χ3v) is 3.77. The van der Waals surface area contributed by atoms with Gasteiger partial charge in [-0.05, 0) is 0 Å². The van der Waals surface area contributed by atoms with Crippen LogP contribution in [0.1, 0.15) is 0 Å². The van der Waals surface area contributed by atoms with Crippen molar-refractivity contribution in [1.29, 1.82) is 0 Å². The SMILES string of the molecule is Cn1c(=O)on(C(Cl)(Cl)C(Cl)(Cl)Cl)c1=O. The van der Waals surface area contributed by atoms with Gasteiger partial charge in [0, 0.05) is 7.05 Å². The van der Waals surface area contributed by atoms with Gasteiger partial charge in [-0.15, -0.1) is 4.74 Å². The number of halogens is 5. The van der Waals surface area contributed by atoms with E-state index in [4.69, 9.17) is 58.0 Å². The lowest BCUT2D eigenvalue weighted by Gasteiger charge is -2.24. The highest BCUT2D eigenvalue weighted by atomic mass is 35.6. The first kappa shape index (κ1) is 13.3. The van der Waals surface area contributed by atoms with Gasteiger partial charge in [0.1, 0.15) is 0 Å². The van der Waals surface area contributed by atoms with E-state index in [1.807, 2.05) is 0 Å². The molecule has 1 heterocycles. The first-order chi connectivity index (χ1) is 6.59. The molecule has 0 aliphatic carbocycles. The number of aromatic nitrogens is 2. The van der Waals surface area contributed by atoms with E-state index in [2.05, 4.69) is 4.52 Å². The zero-order chi connectivity index (χ0) is 12.0. The van der Waals surface area contributed by atoms with Crippen molar-refractivity contribution in [1.82, 2.24) is 9.31 Å². The van der Waals surface area contributed by atoms with Gasteiger partial charge in [-0.1, -0.05) is 58.0 Å². The molecule has 0 aliphatic heterocycles. The summed E-state index contributed by atoms with van der Waals surface area (Å²) < 4.78 is 0.786. The maximum absolute atomic E-state index is 11.4. The fraction of sp³-hybridized carbons (Fsp3) is 0.600. The summed E-state index contributed by atoms with van der Waals surface area (Å²) >= 11 is 27.5. The maximum Gasteiger partial charge on any atom is 0.442 e. The van der Waals surface area contributed by atoms with Crippen LogP contribution in [-0.4, -0.2) is 13.1 Å². The van der Waals surface area contributed by atoms with E-state index in [0.717, 1.165) is 7.05 Å². The Morgan fingerprint density at radius 2 is 1.60 bits per heavy atom. The van der Waals surface area contributed by atoms with Gasteiger partial charge in [0.25, 0.3) is 4.46 Å². The standard InChI is InChI=1S/C5H3Cl5N2O3/c1-11-2(13)12(15-3(11)14)5(9,10)4(6,7)8/h1H3. The van der Waals surface area contributed by atoms with Crippen LogP contribution in [0.25, 0.3) is 0 Å². The van der Waals surface area contributed by atoms with E-state index < -0.39 is 19.7 Å². The third-order valence-electron chi connectivity index (χ3n) is 1.50. The van der Waals surface area contributed by atoms with E-state index in [1.165, 1.54) is 0 Å². The number of hydrogen-bond donors (Lipinski definition) is 0. The second-order valence-electron chi connectivity index (χ2n) is 2.53. The van der Waals surface area contributed by atoms with Crippen molar-refractivity contribution in [3.05, 3.63) is 21.0 Å². The molecular formula is C5H3Cl5N2O3. The summed E-state index contributed by atoms with van der Waals surface area (Å²) in [4.78, 5) is 22.3. The minimum Gasteiger partial charge on any atom is -0.314 e. The van der Waals surface area contributed by atoms with E-state index in [-0.39, 0.29) is 4.74 Å². The molecule has 0 aromatic carbocycles. The number of alkyl halides is 5. The molecule has 10 heteroatoms. The molecule has 1 rings (SSSR count). The van der Waals surface area contributed by atoms with E-state index in [1.54, 1.807) is 0 Å². The highest BCUT2D eigenvalue weighted by Crippen LogP contribution is 2.48. The highest BCUT2D eigenvalue weighted by molar-refractivity contribution is 6.74. The molecule has 0 spiro atoms. The second-order valence-corrected chi connectivity index (χ2v) is 6.10. The minimum atomic E-state index is -2.31. The van der Waals surface area contributed by atoms with Crippen molar-refractivity contribution in [3.63, 3.8) is 0 Å². The van der Waals surface area contributed by atoms with Crippen molar-refractivity contribution >= 4 is 58.0 Å². The van der Waals surface area contributed by atoms with Gasteiger partial charge in [0.15, 0.2) is 0 Å². The van der Waals surface area contributed by atoms with Crippen LogP contribution < -0.4 is 11.4 Å². The molecule has 0 amide bonds. The second kappa shape index (κ2) is 3.89. The molecule has 0 N–H and O–H groups in total. The van der Waals surface area contributed by atoms with Gasteiger partial charge in [-0.3, -0.25) is 0 Å². The molecule has 0 atom stereocenters. The van der Waals surface area contributed by atoms with Crippen molar-refractivity contribution in [2.45, 2.75) is 8.25 Å². The molecule has 0 saturated carbocycles. The highest BCUT2D eigenvalue weighted by Gasteiger charge is 2.51. The lowest BCUT2D eigenvalue weighted by molar-refractivity contribution is 0.216. The first-order valence-electron chi connectivity index (χ1n) is 3.33. The average molecular weight is 316 g/mol. The van der Waals surface area contributed by atoms with Crippen molar-refractivity contribution < 1.29 is 4.52 Å². The van der Waals surface area contributed by atoms with E-state index >= 15 is 0 Å². The molecule has 0 aliphatic rings. The number of rotatable bonds is 1. The summed E-state index contributed by atoms with van der Waals surface area (Å²) in [5.41, 5.74) is -0.934. The van der Waals surface area contributed by atoms with Gasteiger partial charge >= 0.3 is 11.4 Å². The Balaban J connectivity index is 3.48. The van der Waals surface area contributed by atoms with Crippen LogP contribution in [0.3, 0.4) is 0 Å². The van der Waals surface area contributed by atoms with Gasteiger partial charge in [-0.2, -0.15) is 0 Å². The monoisotopic (exact) mass is 314 g/mol. The smallest absolute Gasteiger partial charge is 0.314 e. The van der Waals surface area contributed by atoms with Crippen LogP contribution in [0.2, 0.25) is 0 Å². The quantitative estimate of drug-likeness (QED) is 0.740. The molecule has 1 aromatic heterocycles. The lowest BCUT2D eigenvalue weighted by Crippen LogP contribution is -2.41. The Hall–Kier alpha value is 0.190. The van der Waals surface area contributed by atoms with Crippen LogP contribution >= 0.6 is 58.0 Å². The van der Waals surface area contributed by atoms with Crippen LogP contribution in [-0.2, 0) is 11.5 Å². The summed E-state index contributed by atoms with van der Waals surface area (Å²) in [5, 5.41) is 0. The fourth-order valence-electron chi connectivity index (χ4n) is 0.685. The lowest BCUT2D eigenvalue weighted by atomic mass is 10.7. The summed E-state index contributed by atoms with van der Waals surface area (Å²) in [6.45, 7) is 0. The van der Waals surface area contributed by atoms with Gasteiger partial charge in [-0.25, -0.2) is 14.2 Å². The molecule has 1 aromatic rings. The fourth-order valence-corrected chi connectivity index (χ4v) is 1.13. The van der Waals surface area contributed by atoms with Crippen LogP contribution in [0.4, 0.5) is 0 Å². The van der Waals surface area contributed by atoms with Crippen molar-refractivity contribution in [2.75, 3.05) is 0 Å². The molecule has 0 saturated heterocycles. The van der Waals surface area contributed by atoms with E-state index in [9.17, 15) is 9.59 Å². The normalized spacial score (nSPS) is 13.2. The Bertz CT molecular complexity index is 478. The summed E-state index contributed by atoms with van der Waals surface area (Å²) in [6.07, 6.45) is 0. The third kappa shape index (κ3) is 2.17. The van der Waals surface area contributed by atoms with Gasteiger partial charge < -0.3 is 4.52 Å². The molecule has 0 radical (unpaired) electrons. The Morgan fingerprint density at radius 1 is 1.13 bits per heavy atom. The van der Waals surface area contributed by atoms with Crippen LogP contribution in [0.5, 0.6) is 0 Å². The first-order valence-corrected chi connectivity index (χ1v) is 5.22. The predicted octanol–water partition coefficient (Wildman–Crippen LogP) is 1.60. The van der Waals surface area contributed by atoms with Crippen molar-refractivity contribution in [2.24, 2.45) is 7.05 Å². The zero-order valence-electron chi connectivity index (χ0n) is 7.01. The molecule has 15 heavy (non-hydrogen) atoms. The Labute approximate surface area is 108 Å². The van der Waals surface area contributed by atoms with Crippen LogP contribution in [0, 0.1) is 0 Å². The summed E-state index contributed by atoms with van der Waals surface area (Å²) in [5.74, 6) is -0.972. The summed E-state index contributed by atoms with van der Waals surface area (Å²) in [7, 11) is 1.16. The predicted molar refractivity (Wildman–Crippen MR) is 58.2 cm³/mol. The number of nitrogens with zero attached hydrogens (tertiary/aromatic N) is 2. The van der Waals surface area contributed by atoms with Crippen LogP contribution in [0.15, 0.2) is 14.1 Å². The average Bonchev–Trinajstić information content (AvgIpc) is 2.31. The Morgan fingerprint density at radius 3 is 1.87 bits per heavy atom. The topological polar surface area (TPSA) is 57.1 Å². The largest absolute Gasteiger partial charge is 0.442 e. The molecular weight excluding hydrogens is 313 g/mol.